The summed E-state index contributed by atoms with van der Waals surface area (Å²) in [5.41, 5.74) is 1.08. The van der Waals surface area contributed by atoms with Crippen LogP contribution in [0.1, 0.15) is 11.5 Å². The first-order valence-electron chi connectivity index (χ1n) is 6.37. The third kappa shape index (κ3) is 4.85. The van der Waals surface area contributed by atoms with Crippen LogP contribution in [0.5, 0.6) is 0 Å². The normalized spacial score (nSPS) is 11.3. The molecule has 0 aliphatic rings. The largest absolute Gasteiger partial charge is 0.471 e. The van der Waals surface area contributed by atoms with Crippen LogP contribution in [-0.4, -0.2) is 28.7 Å². The maximum Gasteiger partial charge on any atom is 0.471 e. The number of carbonyl (C=O) groups excluding carboxylic acids is 1. The van der Waals surface area contributed by atoms with E-state index in [0.717, 1.165) is 5.56 Å². The molecule has 2 rings (SSSR count). The van der Waals surface area contributed by atoms with E-state index in [1.165, 1.54) is 12.1 Å². The summed E-state index contributed by atoms with van der Waals surface area (Å²) < 4.78 is 46.0. The predicted octanol–water partition coefficient (Wildman–Crippen LogP) is 3.22. The number of benzene rings is 1. The topological polar surface area (TPSA) is 77.3 Å². The molecule has 0 radical (unpaired) electrons. The highest BCUT2D eigenvalue weighted by atomic mass is 35.5. The molecule has 0 bridgehead atoms. The molecule has 1 aromatic heterocycles. The van der Waals surface area contributed by atoms with E-state index >= 15 is 0 Å². The van der Waals surface area contributed by atoms with Crippen molar-refractivity contribution >= 4 is 17.7 Å². The second-order valence-corrected chi connectivity index (χ2v) is 4.67. The first kappa shape index (κ1) is 17.1. The molecule has 0 aliphatic carbocycles. The van der Waals surface area contributed by atoms with E-state index in [9.17, 15) is 18.0 Å². The monoisotopic (exact) mass is 349 g/mol. The molecule has 1 aromatic carbocycles. The fraction of sp³-hybridized carbons (Fsp3) is 0.308. The fourth-order valence-electron chi connectivity index (χ4n) is 1.58. The van der Waals surface area contributed by atoms with Gasteiger partial charge in [-0.05, 0) is 5.56 Å². The Balaban J connectivity index is 1.97. The smallest absolute Gasteiger partial charge is 0.448 e. The Labute approximate surface area is 133 Å². The van der Waals surface area contributed by atoms with Gasteiger partial charge in [-0.3, -0.25) is 0 Å². The van der Waals surface area contributed by atoms with E-state index in [4.69, 9.17) is 16.3 Å². The Kier molecular flexibility index (Phi) is 5.43. The van der Waals surface area contributed by atoms with Crippen molar-refractivity contribution in [1.29, 1.82) is 0 Å². The molecule has 0 aliphatic heterocycles. The van der Waals surface area contributed by atoms with E-state index in [1.54, 1.807) is 12.1 Å². The van der Waals surface area contributed by atoms with Crippen LogP contribution < -0.4 is 5.32 Å². The van der Waals surface area contributed by atoms with Gasteiger partial charge >= 0.3 is 18.2 Å². The highest BCUT2D eigenvalue weighted by Gasteiger charge is 2.38. The van der Waals surface area contributed by atoms with Gasteiger partial charge in [0.1, 0.15) is 6.61 Å². The second kappa shape index (κ2) is 7.32. The summed E-state index contributed by atoms with van der Waals surface area (Å²) in [5, 5.41) is 5.78. The van der Waals surface area contributed by atoms with Gasteiger partial charge in [0.2, 0.25) is 5.82 Å². The Bertz CT molecular complexity index is 658. The van der Waals surface area contributed by atoms with E-state index in [0.29, 0.717) is 5.56 Å². The van der Waals surface area contributed by atoms with Crippen molar-refractivity contribution in [1.82, 2.24) is 15.5 Å². The summed E-state index contributed by atoms with van der Waals surface area (Å²) in [6, 6.07) is 6.26. The molecule has 0 unspecified atom stereocenters. The Morgan fingerprint density at radius 3 is 2.57 bits per heavy atom. The summed E-state index contributed by atoms with van der Waals surface area (Å²) in [5.74, 6) is -1.37. The lowest BCUT2D eigenvalue weighted by molar-refractivity contribution is -0.159. The lowest BCUT2D eigenvalue weighted by atomic mass is 10.1. The van der Waals surface area contributed by atoms with Crippen molar-refractivity contribution in [2.24, 2.45) is 0 Å². The number of ether oxygens (including phenoxy) is 1. The Morgan fingerprint density at radius 1 is 1.30 bits per heavy atom. The van der Waals surface area contributed by atoms with Gasteiger partial charge in [0.15, 0.2) is 0 Å². The number of aromatic nitrogens is 2. The van der Waals surface area contributed by atoms with Gasteiger partial charge in [-0.25, -0.2) is 4.79 Å². The van der Waals surface area contributed by atoms with E-state index in [2.05, 4.69) is 20.0 Å². The zero-order valence-electron chi connectivity index (χ0n) is 11.6. The molecule has 10 heteroatoms. The van der Waals surface area contributed by atoms with Gasteiger partial charge in [-0.2, -0.15) is 18.2 Å². The van der Waals surface area contributed by atoms with E-state index in [-0.39, 0.29) is 24.9 Å². The number of amides is 1. The number of alkyl carbamates (subject to hydrolysis) is 1. The number of carbonyl (C=O) groups is 1. The Hall–Kier alpha value is -2.29. The summed E-state index contributed by atoms with van der Waals surface area (Å²) in [4.78, 5) is 14.5. The molecule has 1 heterocycles. The molecule has 0 spiro atoms. The number of hydrogen-bond donors (Lipinski definition) is 1. The molecular formula is C13H11ClF3N3O3. The molecule has 1 amide bonds. The van der Waals surface area contributed by atoms with Crippen LogP contribution in [0.3, 0.4) is 0 Å². The minimum atomic E-state index is -4.68. The van der Waals surface area contributed by atoms with Crippen LogP contribution in [-0.2, 0) is 17.5 Å². The van der Waals surface area contributed by atoms with Crippen LogP contribution in [0.25, 0.3) is 11.4 Å². The average molecular weight is 350 g/mol. The van der Waals surface area contributed by atoms with E-state index in [1.807, 2.05) is 0 Å². The van der Waals surface area contributed by atoms with Crippen LogP contribution in [0.15, 0.2) is 28.8 Å². The molecule has 6 nitrogen and oxygen atoms in total. The number of nitrogens with one attached hydrogen (secondary N) is 1. The SMILES string of the molecule is O=C(NCc1ccc(-c2noc(C(F)(F)F)n2)cc1)OCCCl. The molecule has 1 N–H and O–H groups in total. The molecule has 124 valence electrons. The maximum atomic E-state index is 12.4. The lowest BCUT2D eigenvalue weighted by Gasteiger charge is -2.06. The molecular weight excluding hydrogens is 339 g/mol. The fourth-order valence-corrected chi connectivity index (χ4v) is 1.66. The molecule has 0 saturated heterocycles. The zero-order chi connectivity index (χ0) is 16.9. The second-order valence-electron chi connectivity index (χ2n) is 4.30. The quantitative estimate of drug-likeness (QED) is 0.839. The number of alkyl halides is 4. The summed E-state index contributed by atoms with van der Waals surface area (Å²) in [6.45, 7) is 0.299. The van der Waals surface area contributed by atoms with Gasteiger partial charge in [0, 0.05) is 12.1 Å². The minimum absolute atomic E-state index is 0.103. The minimum Gasteiger partial charge on any atom is -0.448 e. The van der Waals surface area contributed by atoms with Gasteiger partial charge in [0.25, 0.3) is 0 Å². The van der Waals surface area contributed by atoms with Crippen molar-refractivity contribution in [3.63, 3.8) is 0 Å². The first-order chi connectivity index (χ1) is 10.9. The number of rotatable bonds is 5. The average Bonchev–Trinajstić information content (AvgIpc) is 3.01. The lowest BCUT2D eigenvalue weighted by Crippen LogP contribution is -2.24. The number of nitrogens with zero attached hydrogens (tertiary/aromatic N) is 2. The maximum absolute atomic E-state index is 12.4. The van der Waals surface area contributed by atoms with Gasteiger partial charge in [-0.1, -0.05) is 29.4 Å². The van der Waals surface area contributed by atoms with Gasteiger partial charge < -0.3 is 14.6 Å². The summed E-state index contributed by atoms with van der Waals surface area (Å²) in [7, 11) is 0. The zero-order valence-corrected chi connectivity index (χ0v) is 12.3. The summed E-state index contributed by atoms with van der Waals surface area (Å²) in [6.07, 6.45) is -5.29. The van der Waals surface area contributed by atoms with Crippen molar-refractivity contribution in [2.45, 2.75) is 12.7 Å². The van der Waals surface area contributed by atoms with Crippen molar-refractivity contribution in [2.75, 3.05) is 12.5 Å². The molecule has 0 fully saturated rings. The first-order valence-corrected chi connectivity index (χ1v) is 6.90. The molecule has 0 saturated carbocycles. The summed E-state index contributed by atoms with van der Waals surface area (Å²) >= 11 is 5.37. The molecule has 2 aromatic rings. The Morgan fingerprint density at radius 2 is 2.00 bits per heavy atom. The molecule has 23 heavy (non-hydrogen) atoms. The third-order valence-electron chi connectivity index (χ3n) is 2.63. The van der Waals surface area contributed by atoms with Crippen molar-refractivity contribution < 1.29 is 27.2 Å². The highest BCUT2D eigenvalue weighted by Crippen LogP contribution is 2.29. The third-order valence-corrected chi connectivity index (χ3v) is 2.78. The highest BCUT2D eigenvalue weighted by molar-refractivity contribution is 6.18. The predicted molar refractivity (Wildman–Crippen MR) is 73.6 cm³/mol. The van der Waals surface area contributed by atoms with Crippen molar-refractivity contribution in [3.8, 4) is 11.4 Å². The van der Waals surface area contributed by atoms with Crippen molar-refractivity contribution in [3.05, 3.63) is 35.7 Å². The standard InChI is InChI=1S/C13H11ClF3N3O3/c14-5-6-22-12(21)18-7-8-1-3-9(4-2-8)10-19-11(23-20-10)13(15,16)17/h1-4H,5-7H2,(H,18,21). The van der Waals surface area contributed by atoms with Crippen LogP contribution >= 0.6 is 11.6 Å². The van der Waals surface area contributed by atoms with Crippen LogP contribution in [0.4, 0.5) is 18.0 Å². The van der Waals surface area contributed by atoms with Crippen LogP contribution in [0, 0.1) is 0 Å². The number of hydrogen-bond acceptors (Lipinski definition) is 5. The van der Waals surface area contributed by atoms with E-state index < -0.39 is 18.2 Å². The van der Waals surface area contributed by atoms with Gasteiger partial charge in [-0.15, -0.1) is 11.6 Å². The molecule has 0 atom stereocenters. The number of halogens is 4. The van der Waals surface area contributed by atoms with Gasteiger partial charge in [0.05, 0.1) is 5.88 Å². The van der Waals surface area contributed by atoms with Crippen LogP contribution in [0.2, 0.25) is 0 Å².